The van der Waals surface area contributed by atoms with E-state index in [4.69, 9.17) is 21.0 Å². The van der Waals surface area contributed by atoms with Crippen molar-refractivity contribution < 1.29 is 4.43 Å². The van der Waals surface area contributed by atoms with Gasteiger partial charge in [0, 0.05) is 6.61 Å². The molecule has 0 amide bonds. The summed E-state index contributed by atoms with van der Waals surface area (Å²) in [7, 11) is -1.77. The van der Waals surface area contributed by atoms with Crippen LogP contribution in [-0.2, 0) is 11.0 Å². The predicted octanol–water partition coefficient (Wildman–Crippen LogP) is 5.60. The average Bonchev–Trinajstić information content (AvgIpc) is 3.06. The van der Waals surface area contributed by atoms with E-state index in [1.165, 1.54) is 4.52 Å². The standard InChI is InChI=1S/C26H40ClN5O2Si/c1-18(2)22(28-15-12-16-34-35(7,8)26(4,5)6)24-29-23-21(27)19(3)30-32(23)25(33)31(24)17-20-13-10-9-11-14-20/h9-11,13-14,18,22,28H,12,15-17H2,1-8H3. The summed E-state index contributed by atoms with van der Waals surface area (Å²) in [5.74, 6) is 0.879. The third-order valence-corrected chi connectivity index (χ3v) is 11.9. The van der Waals surface area contributed by atoms with Crippen molar-refractivity contribution in [2.75, 3.05) is 13.2 Å². The normalized spacial score (nSPS) is 13.7. The molecule has 0 bridgehead atoms. The van der Waals surface area contributed by atoms with Crippen molar-refractivity contribution in [1.82, 2.24) is 24.5 Å². The molecule has 0 aliphatic rings. The van der Waals surface area contributed by atoms with Gasteiger partial charge < -0.3 is 9.74 Å². The molecule has 9 heteroatoms. The van der Waals surface area contributed by atoms with Gasteiger partial charge >= 0.3 is 5.69 Å². The summed E-state index contributed by atoms with van der Waals surface area (Å²) in [6, 6.07) is 9.81. The molecule has 35 heavy (non-hydrogen) atoms. The van der Waals surface area contributed by atoms with Crippen molar-refractivity contribution >= 4 is 25.6 Å². The van der Waals surface area contributed by atoms with Crippen LogP contribution in [-0.4, -0.2) is 40.6 Å². The van der Waals surface area contributed by atoms with E-state index in [0.717, 1.165) is 18.5 Å². The number of aryl methyl sites for hydroxylation is 1. The number of rotatable bonds is 10. The first-order valence-electron chi connectivity index (χ1n) is 12.4. The van der Waals surface area contributed by atoms with Crippen molar-refractivity contribution in [2.45, 2.75) is 78.7 Å². The highest BCUT2D eigenvalue weighted by molar-refractivity contribution is 6.74. The minimum absolute atomic E-state index is 0.129. The molecule has 1 unspecified atom stereocenters. The molecular formula is C26H40ClN5O2Si. The van der Waals surface area contributed by atoms with Crippen LogP contribution in [0.4, 0.5) is 0 Å². The Labute approximate surface area is 215 Å². The monoisotopic (exact) mass is 517 g/mol. The van der Waals surface area contributed by atoms with Gasteiger partial charge in [-0.25, -0.2) is 9.78 Å². The van der Waals surface area contributed by atoms with E-state index >= 15 is 0 Å². The Bertz CT molecular complexity index is 1200. The first kappa shape index (κ1) is 27.6. The third-order valence-electron chi connectivity index (χ3n) is 6.96. The molecule has 0 radical (unpaired) electrons. The second-order valence-corrected chi connectivity index (χ2v) is 16.3. The Balaban J connectivity index is 1.89. The fourth-order valence-electron chi connectivity index (χ4n) is 3.76. The molecule has 192 valence electrons. The summed E-state index contributed by atoms with van der Waals surface area (Å²) in [5, 5.41) is 8.60. The van der Waals surface area contributed by atoms with E-state index in [2.05, 4.69) is 58.1 Å². The number of hydrogen-bond donors (Lipinski definition) is 1. The van der Waals surface area contributed by atoms with Crippen molar-refractivity contribution in [1.29, 1.82) is 0 Å². The van der Waals surface area contributed by atoms with Gasteiger partial charge in [-0.2, -0.15) is 9.61 Å². The van der Waals surface area contributed by atoms with E-state index in [9.17, 15) is 4.79 Å². The Morgan fingerprint density at radius 2 is 1.83 bits per heavy atom. The first-order chi connectivity index (χ1) is 16.3. The average molecular weight is 518 g/mol. The second-order valence-electron chi connectivity index (χ2n) is 11.1. The molecule has 2 aromatic heterocycles. The van der Waals surface area contributed by atoms with Gasteiger partial charge in [0.1, 0.15) is 10.8 Å². The van der Waals surface area contributed by atoms with Crippen LogP contribution in [0.2, 0.25) is 23.2 Å². The number of aromatic nitrogens is 4. The third kappa shape index (κ3) is 6.23. The maximum atomic E-state index is 13.5. The Kier molecular flexibility index (Phi) is 8.63. The Morgan fingerprint density at radius 3 is 2.43 bits per heavy atom. The lowest BCUT2D eigenvalue weighted by atomic mass is 10.0. The second kappa shape index (κ2) is 10.9. The van der Waals surface area contributed by atoms with Crippen molar-refractivity contribution in [3.63, 3.8) is 0 Å². The van der Waals surface area contributed by atoms with Crippen LogP contribution < -0.4 is 11.0 Å². The predicted molar refractivity (Wildman–Crippen MR) is 146 cm³/mol. The minimum atomic E-state index is -1.77. The quantitative estimate of drug-likeness (QED) is 0.280. The fourth-order valence-corrected chi connectivity index (χ4v) is 5.01. The van der Waals surface area contributed by atoms with Crippen LogP contribution in [0.25, 0.3) is 5.65 Å². The molecule has 0 saturated carbocycles. The number of benzene rings is 1. The van der Waals surface area contributed by atoms with Gasteiger partial charge in [0.2, 0.25) is 0 Å². The highest BCUT2D eigenvalue weighted by Crippen LogP contribution is 2.36. The fraction of sp³-hybridized carbons (Fsp3) is 0.577. The molecule has 1 aromatic carbocycles. The molecule has 1 atom stereocenters. The van der Waals surface area contributed by atoms with Gasteiger partial charge in [-0.1, -0.05) is 76.6 Å². The van der Waals surface area contributed by atoms with Gasteiger partial charge in [-0.05, 0) is 49.5 Å². The molecule has 0 aliphatic heterocycles. The lowest BCUT2D eigenvalue weighted by Crippen LogP contribution is -2.41. The summed E-state index contributed by atoms with van der Waals surface area (Å²) >= 11 is 6.48. The highest BCUT2D eigenvalue weighted by Gasteiger charge is 2.36. The topological polar surface area (TPSA) is 73.5 Å². The van der Waals surface area contributed by atoms with Gasteiger partial charge in [0.25, 0.3) is 0 Å². The van der Waals surface area contributed by atoms with E-state index in [-0.39, 0.29) is 22.7 Å². The van der Waals surface area contributed by atoms with Crippen molar-refractivity contribution in [2.24, 2.45) is 5.92 Å². The number of nitrogens with one attached hydrogen (secondary N) is 1. The smallest absolute Gasteiger partial charge is 0.352 e. The molecular weight excluding hydrogens is 478 g/mol. The van der Waals surface area contributed by atoms with E-state index < -0.39 is 8.32 Å². The molecule has 7 nitrogen and oxygen atoms in total. The van der Waals surface area contributed by atoms with E-state index in [1.54, 1.807) is 11.5 Å². The zero-order chi connectivity index (χ0) is 26.0. The van der Waals surface area contributed by atoms with Gasteiger partial charge in [0.05, 0.1) is 18.3 Å². The van der Waals surface area contributed by atoms with Crippen LogP contribution in [0.1, 0.15) is 64.2 Å². The molecule has 1 N–H and O–H groups in total. The summed E-state index contributed by atoms with van der Waals surface area (Å²) in [6.07, 6.45) is 0.882. The summed E-state index contributed by atoms with van der Waals surface area (Å²) in [5.41, 5.74) is 1.79. The van der Waals surface area contributed by atoms with Gasteiger partial charge in [-0.3, -0.25) is 4.57 Å². The van der Waals surface area contributed by atoms with Crippen LogP contribution in [0.3, 0.4) is 0 Å². The number of fused-ring (bicyclic) bond motifs is 1. The van der Waals surface area contributed by atoms with Gasteiger partial charge in [0.15, 0.2) is 14.0 Å². The van der Waals surface area contributed by atoms with Crippen molar-refractivity contribution in [3.8, 4) is 0 Å². The highest BCUT2D eigenvalue weighted by atomic mass is 35.5. The molecule has 0 aliphatic carbocycles. The van der Waals surface area contributed by atoms with Crippen LogP contribution in [0.15, 0.2) is 35.1 Å². The van der Waals surface area contributed by atoms with Gasteiger partial charge in [-0.15, -0.1) is 0 Å². The molecule has 0 spiro atoms. The lowest BCUT2D eigenvalue weighted by Gasteiger charge is -2.36. The SMILES string of the molecule is Cc1nn2c(=O)n(Cc3ccccc3)c(C(NCCCO[Si](C)(C)C(C)(C)C)C(C)C)nc2c1Cl. The number of nitrogens with zero attached hydrogens (tertiary/aromatic N) is 4. The van der Waals surface area contributed by atoms with Crippen LogP contribution in [0.5, 0.6) is 0 Å². The Hall–Kier alpha value is -2.00. The minimum Gasteiger partial charge on any atom is -0.417 e. The summed E-state index contributed by atoms with van der Waals surface area (Å²) < 4.78 is 9.37. The number of hydrogen-bond acceptors (Lipinski definition) is 5. The summed E-state index contributed by atoms with van der Waals surface area (Å²) in [6.45, 7) is 19.3. The molecule has 0 fully saturated rings. The Morgan fingerprint density at radius 1 is 1.17 bits per heavy atom. The van der Waals surface area contributed by atoms with Crippen LogP contribution in [0, 0.1) is 12.8 Å². The molecule has 0 saturated heterocycles. The first-order valence-corrected chi connectivity index (χ1v) is 15.7. The van der Waals surface area contributed by atoms with E-state index in [0.29, 0.717) is 35.3 Å². The molecule has 2 heterocycles. The zero-order valence-electron chi connectivity index (χ0n) is 22.4. The zero-order valence-corrected chi connectivity index (χ0v) is 24.1. The van der Waals surface area contributed by atoms with Crippen molar-refractivity contribution in [3.05, 3.63) is 62.9 Å². The lowest BCUT2D eigenvalue weighted by molar-refractivity contribution is 0.272. The maximum absolute atomic E-state index is 13.5. The number of halogens is 1. The molecule has 3 aromatic rings. The molecule has 3 rings (SSSR count). The maximum Gasteiger partial charge on any atom is 0.352 e. The van der Waals surface area contributed by atoms with E-state index in [1.807, 2.05) is 30.3 Å². The van der Waals surface area contributed by atoms with Crippen LogP contribution >= 0.6 is 11.6 Å². The largest absolute Gasteiger partial charge is 0.417 e. The summed E-state index contributed by atoms with van der Waals surface area (Å²) in [4.78, 5) is 18.4.